The summed E-state index contributed by atoms with van der Waals surface area (Å²) >= 11 is 3.35. The molecule has 2 aromatic rings. The van der Waals surface area contributed by atoms with E-state index in [0.29, 0.717) is 31.9 Å². The Morgan fingerprint density at radius 2 is 1.74 bits per heavy atom. The van der Waals surface area contributed by atoms with Gasteiger partial charge < -0.3 is 19.5 Å². The normalized spacial score (nSPS) is 17.0. The van der Waals surface area contributed by atoms with Gasteiger partial charge in [0.1, 0.15) is 19.0 Å². The summed E-state index contributed by atoms with van der Waals surface area (Å²) in [5, 5.41) is 9.98. The third-order valence-electron chi connectivity index (χ3n) is 4.86. The highest BCUT2D eigenvalue weighted by molar-refractivity contribution is 9.10. The van der Waals surface area contributed by atoms with Crippen LogP contribution < -0.4 is 9.47 Å². The molecule has 1 amide bonds. The molecule has 0 spiro atoms. The van der Waals surface area contributed by atoms with E-state index in [1.807, 2.05) is 12.1 Å². The number of benzene rings is 2. The highest BCUT2D eigenvalue weighted by Crippen LogP contribution is 2.31. The Hall–Kier alpha value is -2.25. The summed E-state index contributed by atoms with van der Waals surface area (Å²) in [6.07, 6.45) is 0. The van der Waals surface area contributed by atoms with Crippen LogP contribution >= 0.6 is 15.9 Å². The van der Waals surface area contributed by atoms with Crippen LogP contribution in [-0.2, 0) is 6.54 Å². The van der Waals surface area contributed by atoms with Crippen LogP contribution in [0.1, 0.15) is 15.9 Å². The first-order chi connectivity index (χ1) is 13.1. The van der Waals surface area contributed by atoms with Crippen molar-refractivity contribution in [3.63, 3.8) is 0 Å². The average molecular weight is 433 g/mol. The Bertz CT molecular complexity index is 850. The maximum atomic E-state index is 12.7. The minimum Gasteiger partial charge on any atom is -0.507 e. The zero-order valence-electron chi connectivity index (χ0n) is 14.9. The Labute approximate surface area is 166 Å². The molecule has 1 saturated heterocycles. The molecule has 0 aliphatic carbocycles. The molecule has 2 aromatic carbocycles. The fraction of sp³-hybridized carbons (Fsp3) is 0.350. The summed E-state index contributed by atoms with van der Waals surface area (Å²) < 4.78 is 12.0. The fourth-order valence-electron chi connectivity index (χ4n) is 3.40. The molecule has 0 radical (unpaired) electrons. The van der Waals surface area contributed by atoms with Crippen LogP contribution in [-0.4, -0.2) is 60.2 Å². The molecule has 0 aromatic heterocycles. The van der Waals surface area contributed by atoms with Crippen molar-refractivity contribution >= 4 is 21.8 Å². The molecule has 2 heterocycles. The third kappa shape index (κ3) is 4.04. The van der Waals surface area contributed by atoms with Crippen molar-refractivity contribution in [3.8, 4) is 17.2 Å². The molecule has 0 atom stereocenters. The predicted molar refractivity (Wildman–Crippen MR) is 104 cm³/mol. The standard InChI is InChI=1S/C20H21BrN2O4/c21-15-2-3-17(24)16(12-15)20(25)23-7-5-22(6-8-23)13-14-1-4-18-19(11-14)27-10-9-26-18/h1-4,11-12,24H,5-10,13H2. The molecular formula is C20H21BrN2O4. The van der Waals surface area contributed by atoms with Crippen LogP contribution in [0, 0.1) is 0 Å². The van der Waals surface area contributed by atoms with Crippen molar-refractivity contribution in [2.24, 2.45) is 0 Å². The Kier molecular flexibility index (Phi) is 5.22. The van der Waals surface area contributed by atoms with Crippen molar-refractivity contribution < 1.29 is 19.4 Å². The molecule has 27 heavy (non-hydrogen) atoms. The molecule has 0 unspecified atom stereocenters. The van der Waals surface area contributed by atoms with Crippen LogP contribution in [0.4, 0.5) is 0 Å². The zero-order chi connectivity index (χ0) is 18.8. The van der Waals surface area contributed by atoms with E-state index in [-0.39, 0.29) is 11.7 Å². The summed E-state index contributed by atoms with van der Waals surface area (Å²) in [7, 11) is 0. The molecule has 142 valence electrons. The van der Waals surface area contributed by atoms with Crippen molar-refractivity contribution in [2.45, 2.75) is 6.54 Å². The topological polar surface area (TPSA) is 62.2 Å². The van der Waals surface area contributed by atoms with Crippen LogP contribution in [0.3, 0.4) is 0 Å². The Balaban J connectivity index is 1.36. The first kappa shape index (κ1) is 18.1. The van der Waals surface area contributed by atoms with Gasteiger partial charge in [0.2, 0.25) is 0 Å². The van der Waals surface area contributed by atoms with E-state index in [2.05, 4.69) is 26.9 Å². The molecule has 0 bridgehead atoms. The van der Waals surface area contributed by atoms with E-state index in [1.165, 1.54) is 11.6 Å². The van der Waals surface area contributed by atoms with Crippen molar-refractivity contribution in [2.75, 3.05) is 39.4 Å². The van der Waals surface area contributed by atoms with E-state index < -0.39 is 0 Å². The van der Waals surface area contributed by atoms with Gasteiger partial charge in [-0.1, -0.05) is 22.0 Å². The molecule has 1 fully saturated rings. The monoisotopic (exact) mass is 432 g/mol. The molecule has 2 aliphatic rings. The van der Waals surface area contributed by atoms with Crippen LogP contribution in [0.25, 0.3) is 0 Å². The Morgan fingerprint density at radius 3 is 2.52 bits per heavy atom. The number of carbonyl (C=O) groups is 1. The number of hydrogen-bond donors (Lipinski definition) is 1. The van der Waals surface area contributed by atoms with Gasteiger partial charge in [0.25, 0.3) is 5.91 Å². The lowest BCUT2D eigenvalue weighted by Crippen LogP contribution is -2.48. The third-order valence-corrected chi connectivity index (χ3v) is 5.35. The number of phenols is 1. The number of hydrogen-bond acceptors (Lipinski definition) is 5. The largest absolute Gasteiger partial charge is 0.507 e. The summed E-state index contributed by atoms with van der Waals surface area (Å²) in [6, 6.07) is 11.0. The number of fused-ring (bicyclic) bond motifs is 1. The summed E-state index contributed by atoms with van der Waals surface area (Å²) in [5.41, 5.74) is 1.51. The first-order valence-corrected chi connectivity index (χ1v) is 9.78. The number of piperazine rings is 1. The molecule has 7 heteroatoms. The van der Waals surface area contributed by atoms with Crippen molar-refractivity contribution in [3.05, 3.63) is 52.0 Å². The minimum absolute atomic E-state index is 0.0157. The van der Waals surface area contributed by atoms with Gasteiger partial charge in [0, 0.05) is 37.2 Å². The molecule has 1 N–H and O–H groups in total. The van der Waals surface area contributed by atoms with Crippen LogP contribution in [0.5, 0.6) is 17.2 Å². The highest BCUT2D eigenvalue weighted by atomic mass is 79.9. The van der Waals surface area contributed by atoms with Gasteiger partial charge in [-0.15, -0.1) is 0 Å². The Morgan fingerprint density at radius 1 is 1.00 bits per heavy atom. The molecule has 0 saturated carbocycles. The first-order valence-electron chi connectivity index (χ1n) is 8.99. The lowest BCUT2D eigenvalue weighted by atomic mass is 10.1. The van der Waals surface area contributed by atoms with Crippen LogP contribution in [0.15, 0.2) is 40.9 Å². The van der Waals surface area contributed by atoms with Gasteiger partial charge in [-0.25, -0.2) is 0 Å². The predicted octanol–water partition coefficient (Wildman–Crippen LogP) is 2.88. The number of carbonyl (C=O) groups excluding carboxylic acids is 1. The summed E-state index contributed by atoms with van der Waals surface area (Å²) in [5.74, 6) is 1.49. The van der Waals surface area contributed by atoms with Crippen molar-refractivity contribution in [1.82, 2.24) is 9.80 Å². The van der Waals surface area contributed by atoms with E-state index in [1.54, 1.807) is 17.0 Å². The number of aromatic hydroxyl groups is 1. The zero-order valence-corrected chi connectivity index (χ0v) is 16.4. The smallest absolute Gasteiger partial charge is 0.257 e. The lowest BCUT2D eigenvalue weighted by Gasteiger charge is -2.35. The number of ether oxygens (including phenoxy) is 2. The number of rotatable bonds is 3. The number of phenolic OH excluding ortho intramolecular Hbond substituents is 1. The van der Waals surface area contributed by atoms with E-state index in [9.17, 15) is 9.90 Å². The van der Waals surface area contributed by atoms with Gasteiger partial charge in [-0.2, -0.15) is 0 Å². The van der Waals surface area contributed by atoms with Crippen LogP contribution in [0.2, 0.25) is 0 Å². The number of amides is 1. The second-order valence-corrected chi connectivity index (χ2v) is 7.62. The maximum Gasteiger partial charge on any atom is 0.257 e. The minimum atomic E-state index is -0.132. The molecule has 4 rings (SSSR count). The average Bonchev–Trinajstić information content (AvgIpc) is 2.70. The van der Waals surface area contributed by atoms with Gasteiger partial charge in [0.05, 0.1) is 5.56 Å². The van der Waals surface area contributed by atoms with E-state index in [4.69, 9.17) is 9.47 Å². The molecular weight excluding hydrogens is 412 g/mol. The second-order valence-electron chi connectivity index (χ2n) is 6.71. The van der Waals surface area contributed by atoms with E-state index in [0.717, 1.165) is 35.6 Å². The van der Waals surface area contributed by atoms with Gasteiger partial charge in [-0.05, 0) is 35.9 Å². The van der Waals surface area contributed by atoms with Crippen molar-refractivity contribution in [1.29, 1.82) is 0 Å². The number of nitrogens with zero attached hydrogens (tertiary/aromatic N) is 2. The SMILES string of the molecule is O=C(c1cc(Br)ccc1O)N1CCN(Cc2ccc3c(c2)OCCO3)CC1. The molecule has 2 aliphatic heterocycles. The fourth-order valence-corrected chi connectivity index (χ4v) is 3.76. The van der Waals surface area contributed by atoms with E-state index >= 15 is 0 Å². The quantitative estimate of drug-likeness (QED) is 0.807. The van der Waals surface area contributed by atoms with Gasteiger partial charge in [0.15, 0.2) is 11.5 Å². The summed E-state index contributed by atoms with van der Waals surface area (Å²) in [4.78, 5) is 16.8. The highest BCUT2D eigenvalue weighted by Gasteiger charge is 2.24. The maximum absolute atomic E-state index is 12.7. The number of halogens is 1. The molecule has 6 nitrogen and oxygen atoms in total. The summed E-state index contributed by atoms with van der Waals surface area (Å²) in [6.45, 7) is 4.82. The van der Waals surface area contributed by atoms with Gasteiger partial charge in [-0.3, -0.25) is 9.69 Å². The lowest BCUT2D eigenvalue weighted by molar-refractivity contribution is 0.0625. The second kappa shape index (κ2) is 7.78. The van der Waals surface area contributed by atoms with Gasteiger partial charge >= 0.3 is 0 Å².